The van der Waals surface area contributed by atoms with E-state index in [1.54, 1.807) is 4.90 Å². The van der Waals surface area contributed by atoms with Crippen LogP contribution in [0.1, 0.15) is 60.3 Å². The van der Waals surface area contributed by atoms with Gasteiger partial charge in [0.2, 0.25) is 0 Å². The molecule has 0 aromatic rings. The molecule has 1 aliphatic carbocycles. The fourth-order valence-corrected chi connectivity index (χ4v) is 4.18. The SMILES string of the molecule is CC1(C)CC(O)(C2(CO)CCCN(C(=O)OC(C)(C)C)C2)C1. The second kappa shape index (κ2) is 5.38. The minimum absolute atomic E-state index is 0.0983. The van der Waals surface area contributed by atoms with Crippen LogP contribution in [-0.4, -0.2) is 52.1 Å². The van der Waals surface area contributed by atoms with E-state index in [4.69, 9.17) is 4.74 Å². The van der Waals surface area contributed by atoms with Crippen LogP contribution in [-0.2, 0) is 4.74 Å². The molecule has 1 saturated heterocycles. The van der Waals surface area contributed by atoms with Gasteiger partial charge in [-0.1, -0.05) is 13.8 Å². The molecular formula is C17H31NO4. The van der Waals surface area contributed by atoms with E-state index in [9.17, 15) is 15.0 Å². The molecule has 2 fully saturated rings. The molecule has 2 rings (SSSR count). The van der Waals surface area contributed by atoms with Gasteiger partial charge in [-0.25, -0.2) is 4.79 Å². The number of aliphatic hydroxyl groups is 2. The van der Waals surface area contributed by atoms with Crippen LogP contribution in [0.15, 0.2) is 0 Å². The first-order valence-corrected chi connectivity index (χ1v) is 8.23. The van der Waals surface area contributed by atoms with Crippen molar-refractivity contribution in [3.8, 4) is 0 Å². The summed E-state index contributed by atoms with van der Waals surface area (Å²) in [7, 11) is 0. The average molecular weight is 313 g/mol. The third-order valence-electron chi connectivity index (χ3n) is 5.06. The largest absolute Gasteiger partial charge is 0.444 e. The summed E-state index contributed by atoms with van der Waals surface area (Å²) in [6.07, 6.45) is 2.51. The van der Waals surface area contributed by atoms with Crippen molar-refractivity contribution in [2.45, 2.75) is 71.5 Å². The zero-order valence-electron chi connectivity index (χ0n) is 14.6. The maximum Gasteiger partial charge on any atom is 0.410 e. The number of rotatable bonds is 2. The van der Waals surface area contributed by atoms with Crippen molar-refractivity contribution in [2.75, 3.05) is 19.7 Å². The zero-order valence-corrected chi connectivity index (χ0v) is 14.6. The highest BCUT2D eigenvalue weighted by molar-refractivity contribution is 5.68. The van der Waals surface area contributed by atoms with E-state index < -0.39 is 16.6 Å². The highest BCUT2D eigenvalue weighted by Gasteiger charge is 2.61. The molecular weight excluding hydrogens is 282 g/mol. The molecule has 1 saturated carbocycles. The minimum atomic E-state index is -0.883. The number of amides is 1. The Morgan fingerprint density at radius 1 is 1.27 bits per heavy atom. The van der Waals surface area contributed by atoms with Crippen LogP contribution in [0.5, 0.6) is 0 Å². The molecule has 1 aliphatic heterocycles. The van der Waals surface area contributed by atoms with Crippen molar-refractivity contribution < 1.29 is 19.7 Å². The molecule has 5 nitrogen and oxygen atoms in total. The van der Waals surface area contributed by atoms with E-state index in [2.05, 4.69) is 13.8 Å². The smallest absolute Gasteiger partial charge is 0.410 e. The molecule has 1 heterocycles. The molecule has 0 radical (unpaired) electrons. The first kappa shape index (κ1) is 17.5. The Kier molecular flexibility index (Phi) is 4.29. The Labute approximate surface area is 133 Å². The van der Waals surface area contributed by atoms with E-state index in [0.717, 1.165) is 12.8 Å². The van der Waals surface area contributed by atoms with Gasteiger partial charge in [0.15, 0.2) is 0 Å². The van der Waals surface area contributed by atoms with Crippen molar-refractivity contribution in [1.82, 2.24) is 4.90 Å². The zero-order chi connectivity index (χ0) is 16.8. The van der Waals surface area contributed by atoms with Gasteiger partial charge in [-0.15, -0.1) is 0 Å². The van der Waals surface area contributed by atoms with Crippen LogP contribution in [0.25, 0.3) is 0 Å². The lowest BCUT2D eigenvalue weighted by atomic mass is 9.50. The Bertz CT molecular complexity index is 432. The van der Waals surface area contributed by atoms with Crippen molar-refractivity contribution in [2.24, 2.45) is 10.8 Å². The van der Waals surface area contributed by atoms with E-state index in [-0.39, 0.29) is 18.1 Å². The maximum atomic E-state index is 12.3. The molecule has 22 heavy (non-hydrogen) atoms. The lowest BCUT2D eigenvalue weighted by molar-refractivity contribution is -0.220. The number of hydrogen-bond donors (Lipinski definition) is 2. The summed E-state index contributed by atoms with van der Waals surface area (Å²) in [5.41, 5.74) is -1.94. The quantitative estimate of drug-likeness (QED) is 0.822. The van der Waals surface area contributed by atoms with E-state index in [1.165, 1.54) is 0 Å². The first-order chi connectivity index (χ1) is 9.92. The number of hydrogen-bond acceptors (Lipinski definition) is 4. The van der Waals surface area contributed by atoms with Crippen molar-refractivity contribution >= 4 is 6.09 Å². The van der Waals surface area contributed by atoms with Gasteiger partial charge in [0.1, 0.15) is 5.60 Å². The molecule has 2 aliphatic rings. The summed E-state index contributed by atoms with van der Waals surface area (Å²) in [4.78, 5) is 14.0. The highest BCUT2D eigenvalue weighted by Crippen LogP contribution is 2.58. The number of carbonyl (C=O) groups is 1. The van der Waals surface area contributed by atoms with Crippen molar-refractivity contribution in [1.29, 1.82) is 0 Å². The number of ether oxygens (including phenoxy) is 1. The fourth-order valence-electron chi connectivity index (χ4n) is 4.18. The van der Waals surface area contributed by atoms with E-state index >= 15 is 0 Å². The van der Waals surface area contributed by atoms with Gasteiger partial charge >= 0.3 is 6.09 Å². The van der Waals surface area contributed by atoms with Gasteiger partial charge in [-0.3, -0.25) is 0 Å². The lowest BCUT2D eigenvalue weighted by Crippen LogP contribution is -2.66. The van der Waals surface area contributed by atoms with Gasteiger partial charge in [0, 0.05) is 18.5 Å². The minimum Gasteiger partial charge on any atom is -0.444 e. The van der Waals surface area contributed by atoms with E-state index in [0.29, 0.717) is 25.9 Å². The van der Waals surface area contributed by atoms with E-state index in [1.807, 2.05) is 20.8 Å². The molecule has 0 bridgehead atoms. The van der Waals surface area contributed by atoms with Crippen LogP contribution < -0.4 is 0 Å². The molecule has 1 atom stereocenters. The molecule has 1 amide bonds. The second-order valence-corrected chi connectivity index (χ2v) is 8.99. The molecule has 5 heteroatoms. The van der Waals surface area contributed by atoms with Crippen molar-refractivity contribution in [3.05, 3.63) is 0 Å². The average Bonchev–Trinajstić information content (AvgIpc) is 2.34. The van der Waals surface area contributed by atoms with Gasteiger partial charge in [-0.2, -0.15) is 0 Å². The number of carbonyl (C=O) groups excluding carboxylic acids is 1. The lowest BCUT2D eigenvalue weighted by Gasteiger charge is -2.61. The van der Waals surface area contributed by atoms with Crippen LogP contribution >= 0.6 is 0 Å². The molecule has 128 valence electrons. The number of aliphatic hydroxyl groups excluding tert-OH is 1. The van der Waals surface area contributed by atoms with Gasteiger partial charge in [-0.05, 0) is 51.9 Å². The van der Waals surface area contributed by atoms with Crippen LogP contribution in [0.4, 0.5) is 4.79 Å². The molecule has 0 aromatic heterocycles. The Morgan fingerprint density at radius 2 is 1.86 bits per heavy atom. The summed E-state index contributed by atoms with van der Waals surface area (Å²) in [6.45, 7) is 10.7. The Balaban J connectivity index is 2.12. The number of likely N-dealkylation sites (tertiary alicyclic amines) is 1. The Hall–Kier alpha value is -0.810. The van der Waals surface area contributed by atoms with Crippen LogP contribution in [0.3, 0.4) is 0 Å². The van der Waals surface area contributed by atoms with Gasteiger partial charge in [0.05, 0.1) is 12.2 Å². The predicted octanol–water partition coefficient (Wildman–Crippen LogP) is 2.55. The Morgan fingerprint density at radius 3 is 2.32 bits per heavy atom. The van der Waals surface area contributed by atoms with Crippen LogP contribution in [0.2, 0.25) is 0 Å². The highest BCUT2D eigenvalue weighted by atomic mass is 16.6. The summed E-state index contributed by atoms with van der Waals surface area (Å²) in [5.74, 6) is 0. The fraction of sp³-hybridized carbons (Fsp3) is 0.941. The second-order valence-electron chi connectivity index (χ2n) is 8.99. The first-order valence-electron chi connectivity index (χ1n) is 8.23. The van der Waals surface area contributed by atoms with Gasteiger partial charge < -0.3 is 19.8 Å². The molecule has 0 spiro atoms. The summed E-state index contributed by atoms with van der Waals surface area (Å²) < 4.78 is 5.44. The monoisotopic (exact) mass is 313 g/mol. The molecule has 0 aromatic carbocycles. The third kappa shape index (κ3) is 3.25. The van der Waals surface area contributed by atoms with Gasteiger partial charge in [0.25, 0.3) is 0 Å². The number of nitrogens with zero attached hydrogens (tertiary/aromatic N) is 1. The number of piperidine rings is 1. The standard InChI is InChI=1S/C17H31NO4/c1-14(2,3)22-13(20)18-8-6-7-16(11-18,12-19)17(21)9-15(4,5)10-17/h19,21H,6-12H2,1-5H3. The summed E-state index contributed by atoms with van der Waals surface area (Å²) >= 11 is 0. The normalized spacial score (nSPS) is 30.6. The topological polar surface area (TPSA) is 70.0 Å². The molecule has 1 unspecified atom stereocenters. The summed E-state index contributed by atoms with van der Waals surface area (Å²) in [5, 5.41) is 21.0. The summed E-state index contributed by atoms with van der Waals surface area (Å²) in [6, 6.07) is 0. The third-order valence-corrected chi connectivity index (χ3v) is 5.06. The predicted molar refractivity (Wildman–Crippen MR) is 84.5 cm³/mol. The molecule has 2 N–H and O–H groups in total. The maximum absolute atomic E-state index is 12.3. The van der Waals surface area contributed by atoms with Crippen LogP contribution in [0, 0.1) is 10.8 Å². The van der Waals surface area contributed by atoms with Crippen molar-refractivity contribution in [3.63, 3.8) is 0 Å².